The topological polar surface area (TPSA) is 114 Å². The molecule has 1 fully saturated rings. The van der Waals surface area contributed by atoms with Crippen molar-refractivity contribution < 1.29 is 18.3 Å². The van der Waals surface area contributed by atoms with Crippen molar-refractivity contribution in [1.82, 2.24) is 9.97 Å². The molecule has 1 saturated carbocycles. The minimum Gasteiger partial charge on any atom is -0.488 e. The highest BCUT2D eigenvalue weighted by Crippen LogP contribution is 2.33. The van der Waals surface area contributed by atoms with Crippen molar-refractivity contribution >= 4 is 44.9 Å². The maximum atomic E-state index is 11.3. The van der Waals surface area contributed by atoms with Crippen molar-refractivity contribution in [3.8, 4) is 5.75 Å². The molecule has 0 bridgehead atoms. The molecule has 33 heavy (non-hydrogen) atoms. The summed E-state index contributed by atoms with van der Waals surface area (Å²) in [6.45, 7) is 3.90. The smallest absolute Gasteiger partial charge is 0.250 e. The molecule has 0 saturated heterocycles. The van der Waals surface area contributed by atoms with E-state index in [1.54, 1.807) is 30.5 Å². The Balaban J connectivity index is 1.63. The first kappa shape index (κ1) is 22.9. The second kappa shape index (κ2) is 9.68. The van der Waals surface area contributed by atoms with E-state index >= 15 is 0 Å². The molecule has 172 valence electrons. The summed E-state index contributed by atoms with van der Waals surface area (Å²) in [5.41, 5.74) is 2.84. The summed E-state index contributed by atoms with van der Waals surface area (Å²) in [7, 11) is -3.46. The van der Waals surface area contributed by atoms with Crippen LogP contribution in [0.2, 0.25) is 0 Å². The van der Waals surface area contributed by atoms with Gasteiger partial charge in [-0.2, -0.15) is 4.40 Å². The van der Waals surface area contributed by atoms with Gasteiger partial charge in [-0.05, 0) is 43.4 Å². The number of nitrogens with one attached hydrogen (secondary N) is 1. The van der Waals surface area contributed by atoms with Crippen molar-refractivity contribution in [1.29, 1.82) is 0 Å². The van der Waals surface area contributed by atoms with E-state index in [1.807, 2.05) is 18.2 Å². The third-order valence-electron chi connectivity index (χ3n) is 5.42. The highest BCUT2D eigenvalue weighted by Gasteiger charge is 2.22. The highest BCUT2D eigenvalue weighted by atomic mass is 32.2. The molecule has 9 heteroatoms. The fourth-order valence-corrected chi connectivity index (χ4v) is 4.06. The van der Waals surface area contributed by atoms with Gasteiger partial charge in [-0.1, -0.05) is 36.9 Å². The molecule has 1 aliphatic rings. The summed E-state index contributed by atoms with van der Waals surface area (Å²) in [5, 5.41) is 13.8. The molecule has 1 heterocycles. The quantitative estimate of drug-likeness (QED) is 0.504. The first-order valence-corrected chi connectivity index (χ1v) is 12.5. The van der Waals surface area contributed by atoms with Crippen LogP contribution < -0.4 is 10.1 Å². The Hall–Kier alpha value is -3.30. The van der Waals surface area contributed by atoms with Crippen LogP contribution in [0.15, 0.2) is 53.6 Å². The molecule has 2 aromatic carbocycles. The zero-order valence-corrected chi connectivity index (χ0v) is 19.1. The van der Waals surface area contributed by atoms with Gasteiger partial charge in [-0.25, -0.2) is 18.4 Å². The van der Waals surface area contributed by atoms with Crippen LogP contribution in [-0.4, -0.2) is 48.2 Å². The number of ether oxygens (including phenoxy) is 1. The SMILES string of the molecule is C=Cc1ccc2cnc(Nc3cccc(C=NS(C)(=O)=O)c3)nc2c1O[C@H]1CC[C@@H](O)CC1. The number of anilines is 2. The number of hydrogen-bond donors (Lipinski definition) is 2. The Morgan fingerprint density at radius 3 is 2.73 bits per heavy atom. The van der Waals surface area contributed by atoms with E-state index in [1.165, 1.54) is 6.21 Å². The zero-order chi connectivity index (χ0) is 23.4. The molecule has 3 aromatic rings. The lowest BCUT2D eigenvalue weighted by atomic mass is 9.95. The van der Waals surface area contributed by atoms with Crippen LogP contribution in [0.25, 0.3) is 17.0 Å². The standard InChI is InChI=1S/C24H26N4O4S/c1-3-17-7-8-18-15-25-24(27-19-6-4-5-16(13-19)14-26-33(2,30)31)28-22(18)23(17)32-21-11-9-20(29)10-12-21/h3-8,13-15,20-21,29H,1,9-12H2,2H3,(H,25,27,28)/t20-,21+. The van der Waals surface area contributed by atoms with Crippen molar-refractivity contribution in [2.24, 2.45) is 4.40 Å². The van der Waals surface area contributed by atoms with E-state index in [2.05, 4.69) is 21.3 Å². The second-order valence-corrected chi connectivity index (χ2v) is 9.76. The predicted octanol–water partition coefficient (Wildman–Crippen LogP) is 4.08. The maximum absolute atomic E-state index is 11.3. The average Bonchev–Trinajstić information content (AvgIpc) is 2.79. The molecule has 2 N–H and O–H groups in total. The molecule has 0 aliphatic heterocycles. The lowest BCUT2D eigenvalue weighted by Crippen LogP contribution is -2.26. The number of benzene rings is 2. The van der Waals surface area contributed by atoms with Gasteiger partial charge in [0.2, 0.25) is 16.0 Å². The molecule has 0 atom stereocenters. The number of fused-ring (bicyclic) bond motifs is 1. The maximum Gasteiger partial charge on any atom is 0.250 e. The zero-order valence-electron chi connectivity index (χ0n) is 18.3. The highest BCUT2D eigenvalue weighted by molar-refractivity contribution is 7.89. The Labute approximate surface area is 193 Å². The van der Waals surface area contributed by atoms with Crippen molar-refractivity contribution in [2.75, 3.05) is 11.6 Å². The Bertz CT molecular complexity index is 1300. The first-order valence-electron chi connectivity index (χ1n) is 10.7. The fraction of sp³-hybridized carbons (Fsp3) is 0.292. The number of nitrogens with zero attached hydrogens (tertiary/aromatic N) is 3. The van der Waals surface area contributed by atoms with E-state index in [4.69, 9.17) is 9.72 Å². The van der Waals surface area contributed by atoms with Crippen molar-refractivity contribution in [2.45, 2.75) is 37.9 Å². The summed E-state index contributed by atoms with van der Waals surface area (Å²) in [6, 6.07) is 11.0. The molecule has 4 rings (SSSR count). The number of aliphatic hydroxyl groups is 1. The van der Waals surface area contributed by atoms with E-state index in [0.29, 0.717) is 28.5 Å². The van der Waals surface area contributed by atoms with Gasteiger partial charge in [0.25, 0.3) is 0 Å². The van der Waals surface area contributed by atoms with E-state index < -0.39 is 10.0 Å². The molecule has 8 nitrogen and oxygen atoms in total. The third-order valence-corrected chi connectivity index (χ3v) is 5.91. The van der Waals surface area contributed by atoms with Crippen molar-refractivity contribution in [3.05, 3.63) is 60.3 Å². The molecule has 0 unspecified atom stereocenters. The number of rotatable bonds is 7. The molecular weight excluding hydrogens is 440 g/mol. The first-order chi connectivity index (χ1) is 15.8. The largest absolute Gasteiger partial charge is 0.488 e. The van der Waals surface area contributed by atoms with Gasteiger partial charge < -0.3 is 15.2 Å². The molecule has 1 aliphatic carbocycles. The van der Waals surface area contributed by atoms with Gasteiger partial charge in [0.05, 0.1) is 18.5 Å². The normalized spacial score (nSPS) is 19.0. The third kappa shape index (κ3) is 5.94. The monoisotopic (exact) mass is 466 g/mol. The summed E-state index contributed by atoms with van der Waals surface area (Å²) in [6.07, 6.45) is 8.57. The van der Waals surface area contributed by atoms with Crippen LogP contribution in [0.4, 0.5) is 11.6 Å². The molecular formula is C24H26N4O4S. The molecule has 0 radical (unpaired) electrons. The molecule has 0 spiro atoms. The summed E-state index contributed by atoms with van der Waals surface area (Å²) < 4.78 is 32.5. The van der Waals surface area contributed by atoms with Crippen LogP contribution >= 0.6 is 0 Å². The lowest BCUT2D eigenvalue weighted by molar-refractivity contribution is 0.0671. The van der Waals surface area contributed by atoms with Gasteiger partial charge >= 0.3 is 0 Å². The van der Waals surface area contributed by atoms with Crippen LogP contribution in [0.1, 0.15) is 36.8 Å². The molecule has 0 amide bonds. The summed E-state index contributed by atoms with van der Waals surface area (Å²) in [5.74, 6) is 1.04. The van der Waals surface area contributed by atoms with Gasteiger partial charge in [0.15, 0.2) is 5.75 Å². The van der Waals surface area contributed by atoms with Crippen LogP contribution in [0.3, 0.4) is 0 Å². The van der Waals surface area contributed by atoms with Gasteiger partial charge in [0, 0.05) is 29.0 Å². The van der Waals surface area contributed by atoms with Crippen LogP contribution in [0.5, 0.6) is 5.75 Å². The van der Waals surface area contributed by atoms with Gasteiger partial charge in [-0.3, -0.25) is 0 Å². The fourth-order valence-electron chi connectivity index (χ4n) is 3.74. The number of sulfonamides is 1. The van der Waals surface area contributed by atoms with Gasteiger partial charge in [0.1, 0.15) is 5.52 Å². The molecule has 1 aromatic heterocycles. The number of hydrogen-bond acceptors (Lipinski definition) is 7. The second-order valence-electron chi connectivity index (χ2n) is 8.09. The lowest BCUT2D eigenvalue weighted by Gasteiger charge is -2.27. The summed E-state index contributed by atoms with van der Waals surface area (Å²) in [4.78, 5) is 9.10. The Morgan fingerprint density at radius 1 is 1.21 bits per heavy atom. The van der Waals surface area contributed by atoms with Crippen molar-refractivity contribution in [3.63, 3.8) is 0 Å². The average molecular weight is 467 g/mol. The van der Waals surface area contributed by atoms with Gasteiger partial charge in [-0.15, -0.1) is 0 Å². The minimum absolute atomic E-state index is 0.00916. The van der Waals surface area contributed by atoms with E-state index in [-0.39, 0.29) is 12.2 Å². The number of aromatic nitrogens is 2. The van der Waals surface area contributed by atoms with Crippen LogP contribution in [-0.2, 0) is 10.0 Å². The number of aliphatic hydroxyl groups excluding tert-OH is 1. The minimum atomic E-state index is -3.46. The Morgan fingerprint density at radius 2 is 2.00 bits per heavy atom. The Kier molecular flexibility index (Phi) is 6.71. The predicted molar refractivity (Wildman–Crippen MR) is 131 cm³/mol. The van der Waals surface area contributed by atoms with E-state index in [9.17, 15) is 13.5 Å². The van der Waals surface area contributed by atoms with Crippen LogP contribution in [0, 0.1) is 0 Å². The van der Waals surface area contributed by atoms with E-state index in [0.717, 1.165) is 42.9 Å². The summed E-state index contributed by atoms with van der Waals surface area (Å²) >= 11 is 0.